The molecule has 0 spiro atoms. The normalized spacial score (nSPS) is 11.1. The Bertz CT molecular complexity index is 216. The lowest BCUT2D eigenvalue weighted by Crippen LogP contribution is -1.80. The Hall–Kier alpha value is -0.520. The van der Waals surface area contributed by atoms with Gasteiger partial charge in [-0.05, 0) is 33.6 Å². The van der Waals surface area contributed by atoms with Crippen molar-refractivity contribution in [3.05, 3.63) is 23.3 Å². The molecule has 100 valence electrons. The molecule has 0 aromatic heterocycles. The molecule has 0 heteroatoms. The predicted octanol–water partition coefficient (Wildman–Crippen LogP) is 6.43. The van der Waals surface area contributed by atoms with E-state index in [2.05, 4.69) is 39.8 Å². The summed E-state index contributed by atoms with van der Waals surface area (Å²) in [5.41, 5.74) is 2.85. The van der Waals surface area contributed by atoms with Crippen molar-refractivity contribution in [2.75, 3.05) is 0 Å². The largest absolute Gasteiger partial charge is 0.0843 e. The van der Waals surface area contributed by atoms with E-state index < -0.39 is 0 Å². The van der Waals surface area contributed by atoms with Crippen molar-refractivity contribution in [2.45, 2.75) is 85.5 Å². The summed E-state index contributed by atoms with van der Waals surface area (Å²) in [4.78, 5) is 0. The second kappa shape index (κ2) is 12.0. The number of unbranched alkanes of at least 4 members (excludes halogenated alkanes) is 8. The molecule has 0 aromatic carbocycles. The first-order valence-electron chi connectivity index (χ1n) is 7.49. The summed E-state index contributed by atoms with van der Waals surface area (Å²) in [6, 6.07) is 0. The minimum atomic E-state index is 1.25. The van der Waals surface area contributed by atoms with Crippen LogP contribution in [0.2, 0.25) is 0 Å². The summed E-state index contributed by atoms with van der Waals surface area (Å²) < 4.78 is 0. The predicted molar refractivity (Wildman–Crippen MR) is 80.4 cm³/mol. The first kappa shape index (κ1) is 16.5. The van der Waals surface area contributed by atoms with E-state index in [-0.39, 0.29) is 0 Å². The Kier molecular flexibility index (Phi) is 11.6. The van der Waals surface area contributed by atoms with Crippen LogP contribution in [-0.2, 0) is 0 Å². The third-order valence-electron chi connectivity index (χ3n) is 3.38. The van der Waals surface area contributed by atoms with Crippen LogP contribution in [0, 0.1) is 0 Å². The Balaban J connectivity index is 3.27. The molecule has 0 fully saturated rings. The molecule has 0 unspecified atom stereocenters. The van der Waals surface area contributed by atoms with E-state index in [1.54, 1.807) is 0 Å². The first-order chi connectivity index (χ1) is 8.18. The van der Waals surface area contributed by atoms with Gasteiger partial charge in [0.1, 0.15) is 0 Å². The van der Waals surface area contributed by atoms with Crippen molar-refractivity contribution in [2.24, 2.45) is 0 Å². The standard InChI is InChI=1S/C17H32/c1-5-6-7-8-9-10-11-12-13-14-15-17(4)16(2)3/h14-15H,5-13H2,1-4H3/b15-14+. The van der Waals surface area contributed by atoms with Gasteiger partial charge in [-0.25, -0.2) is 0 Å². The fourth-order valence-corrected chi connectivity index (χ4v) is 1.82. The van der Waals surface area contributed by atoms with Crippen LogP contribution < -0.4 is 0 Å². The molecular formula is C17H32. The van der Waals surface area contributed by atoms with Crippen LogP contribution in [0.1, 0.15) is 85.5 Å². The van der Waals surface area contributed by atoms with E-state index in [4.69, 9.17) is 0 Å². The Morgan fingerprint density at radius 3 is 1.82 bits per heavy atom. The van der Waals surface area contributed by atoms with Gasteiger partial charge in [0.2, 0.25) is 0 Å². The second-order valence-electron chi connectivity index (χ2n) is 5.35. The van der Waals surface area contributed by atoms with Crippen molar-refractivity contribution < 1.29 is 0 Å². The van der Waals surface area contributed by atoms with Gasteiger partial charge in [-0.1, -0.05) is 75.2 Å². The van der Waals surface area contributed by atoms with Crippen LogP contribution in [0.5, 0.6) is 0 Å². The molecule has 0 bridgehead atoms. The van der Waals surface area contributed by atoms with Gasteiger partial charge in [-0.15, -0.1) is 0 Å². The van der Waals surface area contributed by atoms with E-state index in [1.807, 2.05) is 0 Å². The lowest BCUT2D eigenvalue weighted by atomic mass is 10.1. The smallest absolute Gasteiger partial charge is 0.0348 e. The molecule has 0 nitrogen and oxygen atoms in total. The van der Waals surface area contributed by atoms with Gasteiger partial charge >= 0.3 is 0 Å². The van der Waals surface area contributed by atoms with Crippen molar-refractivity contribution >= 4 is 0 Å². The molecule has 0 rings (SSSR count). The molecule has 0 aliphatic carbocycles. The van der Waals surface area contributed by atoms with Crippen molar-refractivity contribution in [3.63, 3.8) is 0 Å². The minimum Gasteiger partial charge on any atom is -0.0843 e. The topological polar surface area (TPSA) is 0 Å². The van der Waals surface area contributed by atoms with Crippen LogP contribution in [0.25, 0.3) is 0 Å². The van der Waals surface area contributed by atoms with Gasteiger partial charge in [-0.2, -0.15) is 0 Å². The highest BCUT2D eigenvalue weighted by Gasteiger charge is 1.90. The average molecular weight is 236 g/mol. The summed E-state index contributed by atoms with van der Waals surface area (Å²) in [5, 5.41) is 0. The van der Waals surface area contributed by atoms with E-state index in [0.717, 1.165) is 0 Å². The molecule has 0 heterocycles. The highest BCUT2D eigenvalue weighted by atomic mass is 14.0. The number of rotatable bonds is 10. The average Bonchev–Trinajstić information content (AvgIpc) is 2.31. The summed E-state index contributed by atoms with van der Waals surface area (Å²) in [6.07, 6.45) is 17.2. The lowest BCUT2D eigenvalue weighted by Gasteiger charge is -2.00. The third kappa shape index (κ3) is 11.7. The number of allylic oxidation sites excluding steroid dienone is 4. The maximum Gasteiger partial charge on any atom is -0.0348 e. The van der Waals surface area contributed by atoms with Gasteiger partial charge in [0.15, 0.2) is 0 Å². The molecule has 0 aliphatic rings. The minimum absolute atomic E-state index is 1.25. The fraction of sp³-hybridized carbons (Fsp3) is 0.765. The second-order valence-corrected chi connectivity index (χ2v) is 5.35. The van der Waals surface area contributed by atoms with Gasteiger partial charge in [-0.3, -0.25) is 0 Å². The summed E-state index contributed by atoms with van der Waals surface area (Å²) in [6.45, 7) is 8.83. The third-order valence-corrected chi connectivity index (χ3v) is 3.38. The van der Waals surface area contributed by atoms with Gasteiger partial charge in [0.05, 0.1) is 0 Å². The maximum absolute atomic E-state index is 2.33. The molecule has 0 aliphatic heterocycles. The molecule has 0 amide bonds. The quantitative estimate of drug-likeness (QED) is 0.303. The van der Waals surface area contributed by atoms with Crippen molar-refractivity contribution in [1.82, 2.24) is 0 Å². The molecule has 0 radical (unpaired) electrons. The zero-order valence-electron chi connectivity index (χ0n) is 12.5. The molecule has 0 atom stereocenters. The molecule has 17 heavy (non-hydrogen) atoms. The van der Waals surface area contributed by atoms with Crippen LogP contribution >= 0.6 is 0 Å². The van der Waals surface area contributed by atoms with Crippen LogP contribution in [0.3, 0.4) is 0 Å². The fourth-order valence-electron chi connectivity index (χ4n) is 1.82. The monoisotopic (exact) mass is 236 g/mol. The summed E-state index contributed by atoms with van der Waals surface area (Å²) >= 11 is 0. The zero-order chi connectivity index (χ0) is 12.9. The van der Waals surface area contributed by atoms with E-state index in [9.17, 15) is 0 Å². The Labute approximate surface area is 109 Å². The Morgan fingerprint density at radius 2 is 1.29 bits per heavy atom. The van der Waals surface area contributed by atoms with E-state index in [0.29, 0.717) is 0 Å². The van der Waals surface area contributed by atoms with Crippen molar-refractivity contribution in [3.8, 4) is 0 Å². The van der Waals surface area contributed by atoms with Crippen LogP contribution in [0.4, 0.5) is 0 Å². The van der Waals surface area contributed by atoms with E-state index >= 15 is 0 Å². The van der Waals surface area contributed by atoms with Gasteiger partial charge < -0.3 is 0 Å². The number of hydrogen-bond donors (Lipinski definition) is 0. The SMILES string of the molecule is CCCCCCCCCC/C=C/C(C)=C(C)C. The molecular weight excluding hydrogens is 204 g/mol. The first-order valence-corrected chi connectivity index (χ1v) is 7.49. The van der Waals surface area contributed by atoms with Crippen LogP contribution in [-0.4, -0.2) is 0 Å². The summed E-state index contributed by atoms with van der Waals surface area (Å²) in [5.74, 6) is 0. The molecule has 0 N–H and O–H groups in total. The molecule has 0 aromatic rings. The highest BCUT2D eigenvalue weighted by Crippen LogP contribution is 2.10. The van der Waals surface area contributed by atoms with Crippen LogP contribution in [0.15, 0.2) is 23.3 Å². The van der Waals surface area contributed by atoms with E-state index in [1.165, 1.54) is 68.9 Å². The van der Waals surface area contributed by atoms with Gasteiger partial charge in [0.25, 0.3) is 0 Å². The molecule has 0 saturated carbocycles. The summed E-state index contributed by atoms with van der Waals surface area (Å²) in [7, 11) is 0. The van der Waals surface area contributed by atoms with Crippen molar-refractivity contribution in [1.29, 1.82) is 0 Å². The maximum atomic E-state index is 2.33. The van der Waals surface area contributed by atoms with Gasteiger partial charge in [0, 0.05) is 0 Å². The Morgan fingerprint density at radius 1 is 0.765 bits per heavy atom. The highest BCUT2D eigenvalue weighted by molar-refractivity contribution is 5.20. The molecule has 0 saturated heterocycles. The number of hydrogen-bond acceptors (Lipinski definition) is 0. The zero-order valence-corrected chi connectivity index (χ0v) is 12.5. The lowest BCUT2D eigenvalue weighted by molar-refractivity contribution is 0.577.